The van der Waals surface area contributed by atoms with Gasteiger partial charge in [0.15, 0.2) is 0 Å². The molecule has 2 N–H and O–H groups in total. The van der Waals surface area contributed by atoms with Crippen molar-refractivity contribution in [1.29, 1.82) is 0 Å². The van der Waals surface area contributed by atoms with Crippen LogP contribution < -0.4 is 10.6 Å². The average molecular weight is 466 g/mol. The van der Waals surface area contributed by atoms with Crippen LogP contribution in [0, 0.1) is 10.1 Å². The Bertz CT molecular complexity index is 980. The summed E-state index contributed by atoms with van der Waals surface area (Å²) in [5.41, 5.74) is 0.422. The summed E-state index contributed by atoms with van der Waals surface area (Å²) in [6.07, 6.45) is 0. The first-order valence-corrected chi connectivity index (χ1v) is 10.3. The molecule has 9 nitrogen and oxygen atoms in total. The second-order valence-electron chi connectivity index (χ2n) is 7.05. The Morgan fingerprint density at radius 1 is 0.903 bits per heavy atom. The maximum Gasteiger partial charge on any atom is 0.294 e. The van der Waals surface area contributed by atoms with Crippen molar-refractivity contribution in [2.45, 2.75) is 0 Å². The van der Waals surface area contributed by atoms with Crippen LogP contribution in [0.3, 0.4) is 0 Å². The molecule has 0 atom stereocenters. The van der Waals surface area contributed by atoms with E-state index in [1.807, 2.05) is 9.80 Å². The Morgan fingerprint density at radius 2 is 1.45 bits per heavy atom. The molecule has 11 heteroatoms. The quantitative estimate of drug-likeness (QED) is 0.480. The number of halogens is 2. The number of rotatable bonds is 7. The summed E-state index contributed by atoms with van der Waals surface area (Å²) < 4.78 is 0. The van der Waals surface area contributed by atoms with Gasteiger partial charge in [-0.05, 0) is 24.3 Å². The standard InChI is InChI=1S/C20H21Cl2N5O4/c21-14-5-6-17(18(11-14)27(30)31)24-20(29)13-26-9-7-25(8-10-26)12-19(28)23-16-4-2-1-3-15(16)22/h1-6,11H,7-10,12-13H2,(H,23,28)(H,24,29). The van der Waals surface area contributed by atoms with Crippen molar-refractivity contribution >= 4 is 52.1 Å². The first-order chi connectivity index (χ1) is 14.8. The van der Waals surface area contributed by atoms with E-state index in [2.05, 4.69) is 10.6 Å². The summed E-state index contributed by atoms with van der Waals surface area (Å²) in [5.74, 6) is -0.510. The summed E-state index contributed by atoms with van der Waals surface area (Å²) in [6, 6.07) is 11.1. The van der Waals surface area contributed by atoms with E-state index in [9.17, 15) is 19.7 Å². The SMILES string of the molecule is O=C(CN1CCN(CC(=O)Nc2ccc(Cl)cc2[N+](=O)[O-])CC1)Nc1ccccc1Cl. The maximum absolute atomic E-state index is 12.3. The first-order valence-electron chi connectivity index (χ1n) is 9.54. The Kier molecular flexibility index (Phi) is 7.80. The van der Waals surface area contributed by atoms with Crippen LogP contribution in [-0.4, -0.2) is 65.8 Å². The molecule has 1 aliphatic rings. The second-order valence-corrected chi connectivity index (χ2v) is 7.89. The number of anilines is 2. The molecule has 0 aromatic heterocycles. The zero-order valence-electron chi connectivity index (χ0n) is 16.5. The van der Waals surface area contributed by atoms with Gasteiger partial charge in [-0.3, -0.25) is 29.5 Å². The van der Waals surface area contributed by atoms with E-state index >= 15 is 0 Å². The zero-order chi connectivity index (χ0) is 22.4. The molecule has 1 aliphatic heterocycles. The molecule has 2 aromatic carbocycles. The monoisotopic (exact) mass is 465 g/mol. The molecule has 0 aliphatic carbocycles. The van der Waals surface area contributed by atoms with Crippen LogP contribution in [0.15, 0.2) is 42.5 Å². The molecule has 0 bridgehead atoms. The third kappa shape index (κ3) is 6.63. The normalized spacial score (nSPS) is 14.8. The number of nitrogens with one attached hydrogen (secondary N) is 2. The molecule has 3 rings (SSSR count). The zero-order valence-corrected chi connectivity index (χ0v) is 18.0. The van der Waals surface area contributed by atoms with Gasteiger partial charge in [0.2, 0.25) is 11.8 Å². The Balaban J connectivity index is 1.45. The highest BCUT2D eigenvalue weighted by Crippen LogP contribution is 2.27. The third-order valence-electron chi connectivity index (χ3n) is 4.78. The lowest BCUT2D eigenvalue weighted by Crippen LogP contribution is -2.50. The predicted molar refractivity (Wildman–Crippen MR) is 120 cm³/mol. The summed E-state index contributed by atoms with van der Waals surface area (Å²) in [5, 5.41) is 17.2. The van der Waals surface area contributed by atoms with Crippen molar-refractivity contribution in [3.63, 3.8) is 0 Å². The van der Waals surface area contributed by atoms with Crippen LogP contribution >= 0.6 is 23.2 Å². The summed E-state index contributed by atoms with van der Waals surface area (Å²) in [7, 11) is 0. The van der Waals surface area contributed by atoms with Gasteiger partial charge in [-0.2, -0.15) is 0 Å². The van der Waals surface area contributed by atoms with Gasteiger partial charge < -0.3 is 10.6 Å². The van der Waals surface area contributed by atoms with Gasteiger partial charge in [0.1, 0.15) is 5.69 Å². The number of carbonyl (C=O) groups is 2. The van der Waals surface area contributed by atoms with E-state index in [1.54, 1.807) is 24.3 Å². The van der Waals surface area contributed by atoms with E-state index in [-0.39, 0.29) is 41.3 Å². The van der Waals surface area contributed by atoms with Gasteiger partial charge in [0.25, 0.3) is 5.69 Å². The average Bonchev–Trinajstić information content (AvgIpc) is 2.72. The number of hydrogen-bond donors (Lipinski definition) is 2. The second kappa shape index (κ2) is 10.5. The fourth-order valence-electron chi connectivity index (χ4n) is 3.22. The summed E-state index contributed by atoms with van der Waals surface area (Å²) in [6.45, 7) is 2.74. The van der Waals surface area contributed by atoms with Crippen molar-refractivity contribution in [3.8, 4) is 0 Å². The van der Waals surface area contributed by atoms with Crippen LogP contribution in [0.1, 0.15) is 0 Å². The van der Waals surface area contributed by atoms with Gasteiger partial charge in [0.05, 0.1) is 28.7 Å². The number of benzene rings is 2. The number of para-hydroxylation sites is 1. The molecule has 2 aromatic rings. The van der Waals surface area contributed by atoms with Gasteiger partial charge >= 0.3 is 0 Å². The molecular formula is C20H21Cl2N5O4. The summed E-state index contributed by atoms with van der Waals surface area (Å²) >= 11 is 11.8. The number of piperazine rings is 1. The molecular weight excluding hydrogens is 445 g/mol. The Labute approximate surface area is 189 Å². The van der Waals surface area contributed by atoms with Gasteiger partial charge in [-0.1, -0.05) is 35.3 Å². The molecule has 0 spiro atoms. The molecule has 1 heterocycles. The summed E-state index contributed by atoms with van der Waals surface area (Å²) in [4.78, 5) is 39.1. The van der Waals surface area contributed by atoms with Crippen molar-refractivity contribution in [1.82, 2.24) is 9.80 Å². The molecule has 164 valence electrons. The number of nitro groups is 1. The number of nitro benzene ring substituents is 1. The fourth-order valence-corrected chi connectivity index (χ4v) is 3.56. The topological polar surface area (TPSA) is 108 Å². The highest BCUT2D eigenvalue weighted by atomic mass is 35.5. The molecule has 0 unspecified atom stereocenters. The molecule has 1 fully saturated rings. The van der Waals surface area contributed by atoms with E-state index in [0.717, 1.165) is 0 Å². The van der Waals surface area contributed by atoms with E-state index in [4.69, 9.17) is 23.2 Å². The van der Waals surface area contributed by atoms with Crippen LogP contribution in [0.4, 0.5) is 17.1 Å². The lowest BCUT2D eigenvalue weighted by Gasteiger charge is -2.33. The molecule has 0 radical (unpaired) electrons. The molecule has 1 saturated heterocycles. The van der Waals surface area contributed by atoms with E-state index in [1.165, 1.54) is 18.2 Å². The number of nitrogens with zero attached hydrogens (tertiary/aromatic N) is 3. The lowest BCUT2D eigenvalue weighted by molar-refractivity contribution is -0.383. The highest BCUT2D eigenvalue weighted by molar-refractivity contribution is 6.33. The van der Waals surface area contributed by atoms with Gasteiger partial charge in [-0.25, -0.2) is 0 Å². The van der Waals surface area contributed by atoms with E-state index in [0.29, 0.717) is 36.9 Å². The molecule has 2 amide bonds. The smallest absolute Gasteiger partial charge is 0.294 e. The van der Waals surface area contributed by atoms with Crippen LogP contribution in [0.5, 0.6) is 0 Å². The minimum atomic E-state index is -0.589. The van der Waals surface area contributed by atoms with Crippen LogP contribution in [-0.2, 0) is 9.59 Å². The van der Waals surface area contributed by atoms with Crippen LogP contribution in [0.25, 0.3) is 0 Å². The predicted octanol–water partition coefficient (Wildman–Crippen LogP) is 3.10. The van der Waals surface area contributed by atoms with E-state index < -0.39 is 4.92 Å². The molecule has 31 heavy (non-hydrogen) atoms. The molecule has 0 saturated carbocycles. The first kappa shape index (κ1) is 23.0. The van der Waals surface area contributed by atoms with Crippen molar-refractivity contribution in [2.24, 2.45) is 0 Å². The maximum atomic E-state index is 12.3. The van der Waals surface area contributed by atoms with Crippen molar-refractivity contribution < 1.29 is 14.5 Å². The minimum absolute atomic E-state index is 0.0967. The number of amides is 2. The Morgan fingerprint density at radius 3 is 2.00 bits per heavy atom. The number of carbonyl (C=O) groups excluding carboxylic acids is 2. The van der Waals surface area contributed by atoms with Gasteiger partial charge in [0, 0.05) is 37.3 Å². The number of hydrogen-bond acceptors (Lipinski definition) is 6. The third-order valence-corrected chi connectivity index (χ3v) is 5.34. The largest absolute Gasteiger partial charge is 0.324 e. The fraction of sp³-hybridized carbons (Fsp3) is 0.300. The van der Waals surface area contributed by atoms with Crippen molar-refractivity contribution in [2.75, 3.05) is 49.9 Å². The lowest BCUT2D eigenvalue weighted by atomic mass is 10.2. The minimum Gasteiger partial charge on any atom is -0.324 e. The highest BCUT2D eigenvalue weighted by Gasteiger charge is 2.22. The van der Waals surface area contributed by atoms with Crippen molar-refractivity contribution in [3.05, 3.63) is 62.6 Å². The Hall–Kier alpha value is -2.72. The van der Waals surface area contributed by atoms with Gasteiger partial charge in [-0.15, -0.1) is 0 Å². The van der Waals surface area contributed by atoms with Crippen LogP contribution in [0.2, 0.25) is 10.0 Å².